The number of fused-ring (bicyclic) bond motifs is 3. The number of nitrogens with zero attached hydrogens (tertiary/aromatic N) is 2. The molecule has 2 aliphatic rings. The molecule has 34 heavy (non-hydrogen) atoms. The van der Waals surface area contributed by atoms with Crippen LogP contribution in [0.4, 0.5) is 4.39 Å². The molecule has 8 heteroatoms. The Morgan fingerprint density at radius 1 is 1.26 bits per heavy atom. The molecule has 0 saturated carbocycles. The number of halogens is 1. The predicted molar refractivity (Wildman–Crippen MR) is 125 cm³/mol. The molecule has 0 radical (unpaired) electrons. The number of hydrogen-bond donors (Lipinski definition) is 1. The Morgan fingerprint density at radius 3 is 2.82 bits per heavy atom. The van der Waals surface area contributed by atoms with Gasteiger partial charge in [0.05, 0.1) is 31.8 Å². The summed E-state index contributed by atoms with van der Waals surface area (Å²) < 4.78 is 27.4. The van der Waals surface area contributed by atoms with Crippen LogP contribution in [-0.4, -0.2) is 53.2 Å². The Labute approximate surface area is 197 Å². The summed E-state index contributed by atoms with van der Waals surface area (Å²) in [6.45, 7) is 3.03. The highest BCUT2D eigenvalue weighted by Gasteiger charge is 2.48. The molecule has 1 fully saturated rings. The monoisotopic (exact) mass is 465 g/mol. The van der Waals surface area contributed by atoms with E-state index in [9.17, 15) is 14.0 Å². The Balaban J connectivity index is 1.55. The number of benzene rings is 2. The van der Waals surface area contributed by atoms with Crippen LogP contribution in [0.25, 0.3) is 10.9 Å². The third-order valence-corrected chi connectivity index (χ3v) is 6.93. The molecule has 0 bridgehead atoms. The molecule has 2 amide bonds. The highest BCUT2D eigenvalue weighted by Crippen LogP contribution is 2.35. The number of hydrogen-bond acceptors (Lipinski definition) is 4. The molecule has 1 saturated heterocycles. The van der Waals surface area contributed by atoms with Crippen LogP contribution in [0.3, 0.4) is 0 Å². The Kier molecular flexibility index (Phi) is 5.77. The van der Waals surface area contributed by atoms with Crippen LogP contribution in [0.15, 0.2) is 48.5 Å². The third-order valence-electron chi connectivity index (χ3n) is 6.93. The standard InChI is InChI=1S/C26H28FN3O4/c1-26(25(32)28-14-20-7-5-11-34-20)16-29-22-13-19(33-2)10-9-17(22)12-23(29)24(31)30(26)15-18-6-3-4-8-21(18)27/h3-4,6,8-10,12-13,20H,5,7,11,14-16H2,1-2H3,(H,28,32)/t20-,26+/m0/s1. The van der Waals surface area contributed by atoms with E-state index in [0.29, 0.717) is 30.2 Å². The molecule has 5 rings (SSSR count). The number of carbonyl (C=O) groups is 2. The summed E-state index contributed by atoms with van der Waals surface area (Å²) in [6, 6.07) is 13.7. The number of methoxy groups -OCH3 is 1. The SMILES string of the molecule is COc1ccc2cc3n(c2c1)C[C@](C)(C(=O)NC[C@@H]1CCCO1)N(Cc1ccccc1F)C3=O. The fraction of sp³-hybridized carbons (Fsp3) is 0.385. The fourth-order valence-electron chi connectivity index (χ4n) is 4.90. The van der Waals surface area contributed by atoms with E-state index in [0.717, 1.165) is 23.7 Å². The highest BCUT2D eigenvalue weighted by molar-refractivity contribution is 6.03. The third kappa shape index (κ3) is 3.81. The van der Waals surface area contributed by atoms with Crippen molar-refractivity contribution in [2.45, 2.75) is 44.5 Å². The first kappa shape index (κ1) is 22.4. The Bertz CT molecular complexity index is 1250. The van der Waals surface area contributed by atoms with E-state index in [1.54, 1.807) is 32.2 Å². The summed E-state index contributed by atoms with van der Waals surface area (Å²) in [4.78, 5) is 28.9. The number of aromatic nitrogens is 1. The molecule has 0 unspecified atom stereocenters. The van der Waals surface area contributed by atoms with Gasteiger partial charge in [0.1, 0.15) is 22.8 Å². The van der Waals surface area contributed by atoms with Gasteiger partial charge in [-0.05, 0) is 44.0 Å². The summed E-state index contributed by atoms with van der Waals surface area (Å²) in [6.07, 6.45) is 1.83. The lowest BCUT2D eigenvalue weighted by Gasteiger charge is -2.44. The minimum absolute atomic E-state index is 0.0137. The van der Waals surface area contributed by atoms with Crippen LogP contribution in [0.5, 0.6) is 5.75 Å². The van der Waals surface area contributed by atoms with Crippen molar-refractivity contribution < 1.29 is 23.5 Å². The van der Waals surface area contributed by atoms with Gasteiger partial charge >= 0.3 is 0 Å². The average molecular weight is 466 g/mol. The number of ether oxygens (including phenoxy) is 2. The summed E-state index contributed by atoms with van der Waals surface area (Å²) in [5.41, 5.74) is 0.399. The van der Waals surface area contributed by atoms with E-state index in [4.69, 9.17) is 9.47 Å². The first-order chi connectivity index (χ1) is 16.4. The largest absolute Gasteiger partial charge is 0.497 e. The molecular weight excluding hydrogens is 437 g/mol. The van der Waals surface area contributed by atoms with Crippen LogP contribution < -0.4 is 10.1 Å². The summed E-state index contributed by atoms with van der Waals surface area (Å²) >= 11 is 0. The van der Waals surface area contributed by atoms with Gasteiger partial charge in [0.25, 0.3) is 5.91 Å². The summed E-state index contributed by atoms with van der Waals surface area (Å²) in [5.74, 6) is -0.352. The zero-order valence-electron chi connectivity index (χ0n) is 19.3. The predicted octanol–water partition coefficient (Wildman–Crippen LogP) is 3.50. The normalized spacial score (nSPS) is 22.1. The lowest BCUT2D eigenvalue weighted by atomic mass is 9.93. The maximum absolute atomic E-state index is 14.5. The molecule has 2 atom stereocenters. The molecule has 2 aromatic carbocycles. The average Bonchev–Trinajstić information content (AvgIpc) is 3.49. The van der Waals surface area contributed by atoms with Crippen LogP contribution in [-0.2, 0) is 22.6 Å². The van der Waals surface area contributed by atoms with Gasteiger partial charge in [-0.2, -0.15) is 0 Å². The lowest BCUT2D eigenvalue weighted by molar-refractivity contribution is -0.133. The van der Waals surface area contributed by atoms with Gasteiger partial charge in [-0.3, -0.25) is 9.59 Å². The maximum atomic E-state index is 14.5. The van der Waals surface area contributed by atoms with Crippen molar-refractivity contribution in [2.75, 3.05) is 20.3 Å². The minimum atomic E-state index is -1.24. The molecule has 178 valence electrons. The first-order valence-electron chi connectivity index (χ1n) is 11.5. The lowest BCUT2D eigenvalue weighted by Crippen LogP contribution is -2.64. The number of amides is 2. The van der Waals surface area contributed by atoms with E-state index in [1.807, 2.05) is 28.8 Å². The molecule has 3 aromatic rings. The number of carbonyl (C=O) groups excluding carboxylic acids is 2. The number of rotatable bonds is 6. The van der Waals surface area contributed by atoms with Crippen molar-refractivity contribution in [3.05, 3.63) is 65.6 Å². The second-order valence-electron chi connectivity index (χ2n) is 9.14. The molecule has 0 aliphatic carbocycles. The van der Waals surface area contributed by atoms with Crippen molar-refractivity contribution in [2.24, 2.45) is 0 Å². The second kappa shape index (κ2) is 8.76. The second-order valence-corrected chi connectivity index (χ2v) is 9.14. The van der Waals surface area contributed by atoms with Gasteiger partial charge in [0, 0.05) is 30.2 Å². The molecule has 7 nitrogen and oxygen atoms in total. The van der Waals surface area contributed by atoms with Gasteiger partial charge < -0.3 is 24.3 Å². The molecular formula is C26H28FN3O4. The van der Waals surface area contributed by atoms with Crippen molar-refractivity contribution in [3.8, 4) is 5.75 Å². The zero-order chi connectivity index (χ0) is 23.9. The van der Waals surface area contributed by atoms with Crippen LogP contribution >= 0.6 is 0 Å². The summed E-state index contributed by atoms with van der Waals surface area (Å²) in [7, 11) is 1.59. The highest BCUT2D eigenvalue weighted by atomic mass is 19.1. The molecule has 3 heterocycles. The van der Waals surface area contributed by atoms with Gasteiger partial charge in [0.15, 0.2) is 0 Å². The topological polar surface area (TPSA) is 72.8 Å². The van der Waals surface area contributed by atoms with E-state index >= 15 is 0 Å². The Morgan fingerprint density at radius 2 is 2.09 bits per heavy atom. The van der Waals surface area contributed by atoms with Crippen molar-refractivity contribution in [1.82, 2.24) is 14.8 Å². The smallest absolute Gasteiger partial charge is 0.271 e. The van der Waals surface area contributed by atoms with Gasteiger partial charge in [-0.25, -0.2) is 4.39 Å². The Hall–Kier alpha value is -3.39. The van der Waals surface area contributed by atoms with E-state index in [2.05, 4.69) is 5.32 Å². The number of nitrogens with one attached hydrogen (secondary N) is 1. The van der Waals surface area contributed by atoms with Crippen LogP contribution in [0.2, 0.25) is 0 Å². The van der Waals surface area contributed by atoms with Crippen molar-refractivity contribution in [3.63, 3.8) is 0 Å². The van der Waals surface area contributed by atoms with Gasteiger partial charge in [-0.15, -0.1) is 0 Å². The van der Waals surface area contributed by atoms with Crippen LogP contribution in [0, 0.1) is 5.82 Å². The van der Waals surface area contributed by atoms with Gasteiger partial charge in [0.2, 0.25) is 5.91 Å². The molecule has 0 spiro atoms. The maximum Gasteiger partial charge on any atom is 0.271 e. The quantitative estimate of drug-likeness (QED) is 0.605. The molecule has 2 aliphatic heterocycles. The van der Waals surface area contributed by atoms with Crippen molar-refractivity contribution in [1.29, 1.82) is 0 Å². The van der Waals surface area contributed by atoms with E-state index < -0.39 is 11.4 Å². The van der Waals surface area contributed by atoms with E-state index in [1.165, 1.54) is 11.0 Å². The zero-order valence-corrected chi connectivity index (χ0v) is 19.3. The fourth-order valence-corrected chi connectivity index (χ4v) is 4.90. The van der Waals surface area contributed by atoms with Gasteiger partial charge in [-0.1, -0.05) is 18.2 Å². The molecule has 1 aromatic heterocycles. The van der Waals surface area contributed by atoms with E-state index in [-0.39, 0.29) is 31.0 Å². The summed E-state index contributed by atoms with van der Waals surface area (Å²) in [5, 5.41) is 3.86. The first-order valence-corrected chi connectivity index (χ1v) is 11.5. The van der Waals surface area contributed by atoms with Crippen molar-refractivity contribution >= 4 is 22.7 Å². The minimum Gasteiger partial charge on any atom is -0.497 e. The molecule has 1 N–H and O–H groups in total. The van der Waals surface area contributed by atoms with Crippen LogP contribution in [0.1, 0.15) is 35.8 Å².